The first-order valence-electron chi connectivity index (χ1n) is 6.27. The first-order chi connectivity index (χ1) is 9.10. The molecule has 0 bridgehead atoms. The van der Waals surface area contributed by atoms with E-state index in [-0.39, 0.29) is 24.2 Å². The Hall–Kier alpha value is -1.20. The van der Waals surface area contributed by atoms with Gasteiger partial charge >= 0.3 is 5.97 Å². The Morgan fingerprint density at radius 3 is 2.68 bits per heavy atom. The number of carbonyl (C=O) groups is 2. The van der Waals surface area contributed by atoms with Crippen molar-refractivity contribution in [2.75, 3.05) is 13.2 Å². The second kappa shape index (κ2) is 6.30. The van der Waals surface area contributed by atoms with Crippen LogP contribution in [0.15, 0.2) is 28.7 Å². The van der Waals surface area contributed by atoms with Crippen LogP contribution < -0.4 is 0 Å². The SMILES string of the molecule is CCOC(=O)CC1C(=O)CN1Cc1ccc(Br)cc1. The van der Waals surface area contributed by atoms with Gasteiger partial charge in [-0.1, -0.05) is 28.1 Å². The van der Waals surface area contributed by atoms with Crippen molar-refractivity contribution in [1.29, 1.82) is 0 Å². The Labute approximate surface area is 120 Å². The lowest BCUT2D eigenvalue weighted by molar-refractivity contribution is -0.151. The van der Waals surface area contributed by atoms with E-state index in [1.807, 2.05) is 29.2 Å². The molecule has 1 aliphatic heterocycles. The van der Waals surface area contributed by atoms with Gasteiger partial charge in [-0.3, -0.25) is 14.5 Å². The van der Waals surface area contributed by atoms with Crippen molar-refractivity contribution in [2.24, 2.45) is 0 Å². The van der Waals surface area contributed by atoms with Gasteiger partial charge < -0.3 is 4.74 Å². The summed E-state index contributed by atoms with van der Waals surface area (Å²) in [5, 5.41) is 0. The monoisotopic (exact) mass is 325 g/mol. The van der Waals surface area contributed by atoms with Crippen LogP contribution in [0.5, 0.6) is 0 Å². The van der Waals surface area contributed by atoms with Crippen LogP contribution in [-0.4, -0.2) is 35.8 Å². The van der Waals surface area contributed by atoms with Gasteiger partial charge in [0.2, 0.25) is 0 Å². The number of hydrogen-bond acceptors (Lipinski definition) is 4. The lowest BCUT2D eigenvalue weighted by Crippen LogP contribution is -2.57. The molecule has 1 aromatic rings. The minimum Gasteiger partial charge on any atom is -0.466 e. The zero-order chi connectivity index (χ0) is 13.8. The number of nitrogens with zero attached hydrogens (tertiary/aromatic N) is 1. The third-order valence-electron chi connectivity index (χ3n) is 3.14. The molecule has 0 N–H and O–H groups in total. The van der Waals surface area contributed by atoms with Gasteiger partial charge in [0.05, 0.1) is 25.6 Å². The van der Waals surface area contributed by atoms with Crippen molar-refractivity contribution in [3.05, 3.63) is 34.3 Å². The van der Waals surface area contributed by atoms with E-state index in [2.05, 4.69) is 15.9 Å². The summed E-state index contributed by atoms with van der Waals surface area (Å²) in [6.45, 7) is 3.22. The number of ketones is 1. The fourth-order valence-electron chi connectivity index (χ4n) is 2.12. The average molecular weight is 326 g/mol. The van der Waals surface area contributed by atoms with Crippen molar-refractivity contribution < 1.29 is 14.3 Å². The summed E-state index contributed by atoms with van der Waals surface area (Å²) in [5.74, 6) is -0.188. The number of carbonyl (C=O) groups excluding carboxylic acids is 2. The maximum atomic E-state index is 11.6. The smallest absolute Gasteiger partial charge is 0.307 e. The predicted molar refractivity (Wildman–Crippen MR) is 74.6 cm³/mol. The molecule has 1 heterocycles. The molecule has 1 atom stereocenters. The van der Waals surface area contributed by atoms with E-state index in [0.717, 1.165) is 10.0 Å². The third-order valence-corrected chi connectivity index (χ3v) is 3.66. The molecule has 0 amide bonds. The Morgan fingerprint density at radius 1 is 1.42 bits per heavy atom. The summed E-state index contributed by atoms with van der Waals surface area (Å²) in [4.78, 5) is 25.0. The molecular formula is C14H16BrNO3. The maximum absolute atomic E-state index is 11.6. The molecule has 4 nitrogen and oxygen atoms in total. The van der Waals surface area contributed by atoms with Crippen molar-refractivity contribution >= 4 is 27.7 Å². The molecule has 0 aromatic heterocycles. The van der Waals surface area contributed by atoms with Gasteiger partial charge in [-0.05, 0) is 24.6 Å². The predicted octanol–water partition coefficient (Wildman–Crippen LogP) is 2.16. The number of esters is 1. The molecular weight excluding hydrogens is 310 g/mol. The fourth-order valence-corrected chi connectivity index (χ4v) is 2.38. The standard InChI is InChI=1S/C14H16BrNO3/c1-2-19-14(18)7-12-13(17)9-16(12)8-10-3-5-11(15)6-4-10/h3-6,12H,2,7-9H2,1H3. The first-order valence-corrected chi connectivity index (χ1v) is 7.06. The van der Waals surface area contributed by atoms with E-state index in [1.54, 1.807) is 6.92 Å². The second-order valence-corrected chi connectivity index (χ2v) is 5.44. The lowest BCUT2D eigenvalue weighted by atomic mass is 9.97. The normalized spacial score (nSPS) is 19.1. The molecule has 1 aliphatic rings. The molecule has 0 aliphatic carbocycles. The maximum Gasteiger partial charge on any atom is 0.307 e. The van der Waals surface area contributed by atoms with Crippen LogP contribution in [0.4, 0.5) is 0 Å². The number of Topliss-reactive ketones (excluding diaryl/α,β-unsaturated/α-hetero) is 1. The van der Waals surface area contributed by atoms with Crippen LogP contribution >= 0.6 is 15.9 Å². The van der Waals surface area contributed by atoms with Crippen molar-refractivity contribution in [1.82, 2.24) is 4.90 Å². The highest BCUT2D eigenvalue weighted by molar-refractivity contribution is 9.10. The van der Waals surface area contributed by atoms with E-state index < -0.39 is 0 Å². The molecule has 1 fully saturated rings. The summed E-state index contributed by atoms with van der Waals surface area (Å²) in [7, 11) is 0. The Morgan fingerprint density at radius 2 is 2.11 bits per heavy atom. The highest BCUT2D eigenvalue weighted by Gasteiger charge is 2.38. The number of hydrogen-bond donors (Lipinski definition) is 0. The van der Waals surface area contributed by atoms with Crippen molar-refractivity contribution in [3.8, 4) is 0 Å². The average Bonchev–Trinajstić information content (AvgIpc) is 2.38. The van der Waals surface area contributed by atoms with Crippen molar-refractivity contribution in [2.45, 2.75) is 25.9 Å². The summed E-state index contributed by atoms with van der Waals surface area (Å²) in [6, 6.07) is 7.64. The van der Waals surface area contributed by atoms with E-state index in [1.165, 1.54) is 0 Å². The molecule has 2 rings (SSSR count). The first kappa shape index (κ1) is 14.2. The number of rotatable bonds is 5. The Balaban J connectivity index is 1.92. The molecule has 1 saturated heterocycles. The van der Waals surface area contributed by atoms with Gasteiger partial charge in [0.25, 0.3) is 0 Å². The van der Waals surface area contributed by atoms with Gasteiger partial charge in [-0.15, -0.1) is 0 Å². The summed E-state index contributed by atoms with van der Waals surface area (Å²) in [6.07, 6.45) is 0.156. The van der Waals surface area contributed by atoms with E-state index in [0.29, 0.717) is 19.7 Å². The minimum absolute atomic E-state index is 0.116. The Bertz CT molecular complexity index is 472. The zero-order valence-corrected chi connectivity index (χ0v) is 12.4. The lowest BCUT2D eigenvalue weighted by Gasteiger charge is -2.38. The molecule has 19 heavy (non-hydrogen) atoms. The van der Waals surface area contributed by atoms with Crippen molar-refractivity contribution in [3.63, 3.8) is 0 Å². The number of halogens is 1. The third kappa shape index (κ3) is 3.64. The van der Waals surface area contributed by atoms with Crippen LogP contribution in [0.3, 0.4) is 0 Å². The van der Waals surface area contributed by atoms with E-state index >= 15 is 0 Å². The summed E-state index contributed by atoms with van der Waals surface area (Å²) >= 11 is 3.39. The van der Waals surface area contributed by atoms with Crippen LogP contribution in [0.1, 0.15) is 18.9 Å². The van der Waals surface area contributed by atoms with Crippen LogP contribution in [0, 0.1) is 0 Å². The summed E-state index contributed by atoms with van der Waals surface area (Å²) in [5.41, 5.74) is 1.13. The molecule has 5 heteroatoms. The molecule has 102 valence electrons. The van der Waals surface area contributed by atoms with Gasteiger partial charge in [0, 0.05) is 11.0 Å². The highest BCUT2D eigenvalue weighted by Crippen LogP contribution is 2.21. The van der Waals surface area contributed by atoms with Crippen LogP contribution in [-0.2, 0) is 20.9 Å². The molecule has 1 aromatic carbocycles. The molecule has 0 spiro atoms. The van der Waals surface area contributed by atoms with Gasteiger partial charge in [0.15, 0.2) is 5.78 Å². The quantitative estimate of drug-likeness (QED) is 0.778. The number of likely N-dealkylation sites (tertiary alicyclic amines) is 1. The molecule has 0 radical (unpaired) electrons. The zero-order valence-electron chi connectivity index (χ0n) is 10.8. The number of ether oxygens (including phenoxy) is 1. The van der Waals surface area contributed by atoms with Gasteiger partial charge in [0.1, 0.15) is 0 Å². The van der Waals surface area contributed by atoms with E-state index in [4.69, 9.17) is 4.74 Å². The second-order valence-electron chi connectivity index (χ2n) is 4.52. The fraction of sp³-hybridized carbons (Fsp3) is 0.429. The van der Waals surface area contributed by atoms with Gasteiger partial charge in [-0.25, -0.2) is 0 Å². The van der Waals surface area contributed by atoms with Crippen LogP contribution in [0.25, 0.3) is 0 Å². The highest BCUT2D eigenvalue weighted by atomic mass is 79.9. The molecule has 1 unspecified atom stereocenters. The van der Waals surface area contributed by atoms with Gasteiger partial charge in [-0.2, -0.15) is 0 Å². The number of benzene rings is 1. The van der Waals surface area contributed by atoms with Crippen LogP contribution in [0.2, 0.25) is 0 Å². The molecule has 0 saturated carbocycles. The topological polar surface area (TPSA) is 46.6 Å². The minimum atomic E-state index is -0.317. The Kier molecular flexibility index (Phi) is 4.71. The largest absolute Gasteiger partial charge is 0.466 e. The summed E-state index contributed by atoms with van der Waals surface area (Å²) < 4.78 is 5.91. The van der Waals surface area contributed by atoms with E-state index in [9.17, 15) is 9.59 Å².